The lowest BCUT2D eigenvalue weighted by molar-refractivity contribution is 0.0952. The second-order valence-corrected chi connectivity index (χ2v) is 3.88. The summed E-state index contributed by atoms with van der Waals surface area (Å²) in [6.07, 6.45) is 2.33. The van der Waals surface area contributed by atoms with Crippen LogP contribution in [0.25, 0.3) is 0 Å². The Kier molecular flexibility index (Phi) is 2.58. The van der Waals surface area contributed by atoms with E-state index in [1.807, 2.05) is 0 Å². The molecule has 0 aromatic heterocycles. The van der Waals surface area contributed by atoms with Crippen LogP contribution in [-0.2, 0) is 0 Å². The van der Waals surface area contributed by atoms with Gasteiger partial charge in [0.2, 0.25) is 0 Å². The molecule has 1 amide bonds. The summed E-state index contributed by atoms with van der Waals surface area (Å²) < 4.78 is 12.9. The van der Waals surface area contributed by atoms with Gasteiger partial charge >= 0.3 is 0 Å². The smallest absolute Gasteiger partial charge is 0.253 e. The van der Waals surface area contributed by atoms with Gasteiger partial charge in [-0.15, -0.1) is 0 Å². The predicted octanol–water partition coefficient (Wildman–Crippen LogP) is 1.55. The van der Waals surface area contributed by atoms with Crippen LogP contribution in [0.1, 0.15) is 23.2 Å². The van der Waals surface area contributed by atoms with Crippen molar-refractivity contribution in [1.29, 1.82) is 0 Å². The maximum absolute atomic E-state index is 12.9. The number of amides is 1. The van der Waals surface area contributed by atoms with Crippen LogP contribution in [0.2, 0.25) is 0 Å². The third-order valence-electron chi connectivity index (χ3n) is 2.51. The lowest BCUT2D eigenvalue weighted by Gasteiger charge is -2.06. The molecule has 80 valence electrons. The van der Waals surface area contributed by atoms with E-state index in [-0.39, 0.29) is 11.5 Å². The highest BCUT2D eigenvalue weighted by molar-refractivity contribution is 5.99. The first-order chi connectivity index (χ1) is 7.16. The molecule has 4 heteroatoms. The lowest BCUT2D eigenvalue weighted by Crippen LogP contribution is -2.26. The quantitative estimate of drug-likeness (QED) is 0.740. The van der Waals surface area contributed by atoms with Crippen molar-refractivity contribution in [3.05, 3.63) is 29.6 Å². The fourth-order valence-corrected chi connectivity index (χ4v) is 1.38. The van der Waals surface area contributed by atoms with Gasteiger partial charge < -0.3 is 11.1 Å². The predicted molar refractivity (Wildman–Crippen MR) is 55.9 cm³/mol. The van der Waals surface area contributed by atoms with Gasteiger partial charge in [-0.25, -0.2) is 4.39 Å². The Morgan fingerprint density at radius 2 is 2.27 bits per heavy atom. The van der Waals surface area contributed by atoms with Crippen LogP contribution in [0, 0.1) is 11.7 Å². The average molecular weight is 208 g/mol. The number of nitrogens with two attached hydrogens (primary N) is 1. The molecule has 1 aromatic carbocycles. The number of hydrogen-bond donors (Lipinski definition) is 2. The first-order valence-electron chi connectivity index (χ1n) is 5.00. The molecule has 0 spiro atoms. The fourth-order valence-electron chi connectivity index (χ4n) is 1.38. The van der Waals surface area contributed by atoms with Gasteiger partial charge in [-0.05, 0) is 37.0 Å². The van der Waals surface area contributed by atoms with Crippen molar-refractivity contribution in [2.75, 3.05) is 12.3 Å². The number of rotatable bonds is 3. The van der Waals surface area contributed by atoms with Crippen molar-refractivity contribution < 1.29 is 9.18 Å². The fraction of sp³-hybridized carbons (Fsp3) is 0.364. The number of carbonyl (C=O) groups is 1. The standard InChI is InChI=1S/C11H13FN2O/c12-8-3-4-10(13)9(5-8)11(15)14-6-7-1-2-7/h3-5,7H,1-2,6,13H2,(H,14,15). The zero-order valence-corrected chi connectivity index (χ0v) is 8.29. The molecule has 0 bridgehead atoms. The van der Waals surface area contributed by atoms with Crippen LogP contribution < -0.4 is 11.1 Å². The molecule has 15 heavy (non-hydrogen) atoms. The zero-order valence-electron chi connectivity index (χ0n) is 8.29. The number of halogens is 1. The maximum atomic E-state index is 12.9. The molecule has 0 aliphatic heterocycles. The second kappa shape index (κ2) is 3.88. The van der Waals surface area contributed by atoms with Crippen LogP contribution >= 0.6 is 0 Å². The number of carbonyl (C=O) groups excluding carboxylic acids is 1. The Labute approximate surface area is 87.5 Å². The summed E-state index contributed by atoms with van der Waals surface area (Å²) in [7, 11) is 0. The number of anilines is 1. The van der Waals surface area contributed by atoms with Crippen molar-refractivity contribution in [3.8, 4) is 0 Å². The van der Waals surface area contributed by atoms with E-state index in [2.05, 4.69) is 5.32 Å². The van der Waals surface area contributed by atoms with Crippen molar-refractivity contribution in [1.82, 2.24) is 5.32 Å². The van der Waals surface area contributed by atoms with Crippen molar-refractivity contribution >= 4 is 11.6 Å². The largest absolute Gasteiger partial charge is 0.398 e. The molecule has 0 unspecified atom stereocenters. The molecule has 1 aliphatic carbocycles. The molecule has 3 nitrogen and oxygen atoms in total. The summed E-state index contributed by atoms with van der Waals surface area (Å²) in [6.45, 7) is 0.661. The summed E-state index contributed by atoms with van der Waals surface area (Å²) >= 11 is 0. The van der Waals surface area contributed by atoms with Gasteiger partial charge in [0.25, 0.3) is 5.91 Å². The Bertz CT molecular complexity index is 388. The molecule has 0 saturated heterocycles. The van der Waals surface area contributed by atoms with Crippen molar-refractivity contribution in [2.24, 2.45) is 5.92 Å². The van der Waals surface area contributed by atoms with Gasteiger partial charge in [-0.1, -0.05) is 0 Å². The second-order valence-electron chi connectivity index (χ2n) is 3.88. The number of hydrogen-bond acceptors (Lipinski definition) is 2. The average Bonchev–Trinajstić information content (AvgIpc) is 3.02. The SMILES string of the molecule is Nc1ccc(F)cc1C(=O)NCC1CC1. The highest BCUT2D eigenvalue weighted by Gasteiger charge is 2.22. The molecule has 2 rings (SSSR count). The molecule has 1 aliphatic rings. The summed E-state index contributed by atoms with van der Waals surface area (Å²) in [5.74, 6) is -0.136. The Balaban J connectivity index is 2.05. The van der Waals surface area contributed by atoms with Gasteiger partial charge in [-0.3, -0.25) is 4.79 Å². The molecule has 0 atom stereocenters. The van der Waals surface area contributed by atoms with E-state index in [4.69, 9.17) is 5.73 Å². The molecule has 0 heterocycles. The molecule has 3 N–H and O–H groups in total. The normalized spacial score (nSPS) is 15.0. The van der Waals surface area contributed by atoms with Gasteiger partial charge in [0.05, 0.1) is 5.56 Å². The summed E-state index contributed by atoms with van der Waals surface area (Å²) in [4.78, 5) is 11.6. The highest BCUT2D eigenvalue weighted by atomic mass is 19.1. The Hall–Kier alpha value is -1.58. The molecule has 1 aromatic rings. The third kappa shape index (κ3) is 2.46. The topological polar surface area (TPSA) is 55.1 Å². The lowest BCUT2D eigenvalue weighted by atomic mass is 10.1. The van der Waals surface area contributed by atoms with Gasteiger partial charge in [-0.2, -0.15) is 0 Å². The van der Waals surface area contributed by atoms with Crippen LogP contribution in [0.3, 0.4) is 0 Å². The number of nitrogen functional groups attached to an aromatic ring is 1. The number of nitrogens with one attached hydrogen (secondary N) is 1. The van der Waals surface area contributed by atoms with E-state index in [1.54, 1.807) is 0 Å². The van der Waals surface area contributed by atoms with Crippen LogP contribution in [0.15, 0.2) is 18.2 Å². The van der Waals surface area contributed by atoms with Gasteiger partial charge in [0, 0.05) is 12.2 Å². The minimum Gasteiger partial charge on any atom is -0.398 e. The van der Waals surface area contributed by atoms with E-state index in [1.165, 1.54) is 25.0 Å². The summed E-state index contributed by atoms with van der Waals surface area (Å²) in [6, 6.07) is 3.81. The minimum absolute atomic E-state index is 0.218. The van der Waals surface area contributed by atoms with Gasteiger partial charge in [0.15, 0.2) is 0 Å². The Morgan fingerprint density at radius 1 is 1.53 bits per heavy atom. The van der Waals surface area contributed by atoms with E-state index in [0.29, 0.717) is 18.2 Å². The van der Waals surface area contributed by atoms with Crippen LogP contribution in [-0.4, -0.2) is 12.5 Å². The van der Waals surface area contributed by atoms with Crippen molar-refractivity contribution in [2.45, 2.75) is 12.8 Å². The van der Waals surface area contributed by atoms with E-state index in [9.17, 15) is 9.18 Å². The first kappa shape index (κ1) is 9.96. The highest BCUT2D eigenvalue weighted by Crippen LogP contribution is 2.27. The van der Waals surface area contributed by atoms with E-state index >= 15 is 0 Å². The van der Waals surface area contributed by atoms with E-state index < -0.39 is 5.82 Å². The monoisotopic (exact) mass is 208 g/mol. The maximum Gasteiger partial charge on any atom is 0.253 e. The molecular formula is C11H13FN2O. The van der Waals surface area contributed by atoms with Crippen molar-refractivity contribution in [3.63, 3.8) is 0 Å². The van der Waals surface area contributed by atoms with Gasteiger partial charge in [0.1, 0.15) is 5.82 Å². The summed E-state index contributed by atoms with van der Waals surface area (Å²) in [5, 5.41) is 2.74. The minimum atomic E-state index is -0.444. The first-order valence-corrected chi connectivity index (χ1v) is 5.00. The number of benzene rings is 1. The third-order valence-corrected chi connectivity index (χ3v) is 2.51. The van der Waals surface area contributed by atoms with Crippen LogP contribution in [0.5, 0.6) is 0 Å². The summed E-state index contributed by atoms with van der Waals surface area (Å²) in [5.41, 5.74) is 6.11. The molecule has 0 radical (unpaired) electrons. The van der Waals surface area contributed by atoms with E-state index in [0.717, 1.165) is 6.07 Å². The molecular weight excluding hydrogens is 195 g/mol. The molecule has 1 fully saturated rings. The Morgan fingerprint density at radius 3 is 2.93 bits per heavy atom. The molecule has 1 saturated carbocycles. The van der Waals surface area contributed by atoms with Crippen LogP contribution in [0.4, 0.5) is 10.1 Å². The zero-order chi connectivity index (χ0) is 10.8.